The van der Waals surface area contributed by atoms with Crippen LogP contribution in [-0.4, -0.2) is 42.4 Å². The van der Waals surface area contributed by atoms with E-state index in [-0.39, 0.29) is 42.6 Å². The van der Waals surface area contributed by atoms with Crippen LogP contribution in [0.1, 0.15) is 29.2 Å². The largest absolute Gasteiger partial charge is 0.486 e. The third-order valence-corrected chi connectivity index (χ3v) is 4.38. The number of carbonyl (C=O) groups excluding carboxylic acids is 2. The quantitative estimate of drug-likeness (QED) is 0.767. The number of hydrogen-bond acceptors (Lipinski definition) is 5. The number of nitrogens with one attached hydrogen (secondary N) is 1. The minimum atomic E-state index is -0.344. The number of piperidine rings is 1. The molecule has 0 radical (unpaired) electrons. The van der Waals surface area contributed by atoms with E-state index < -0.39 is 0 Å². The van der Waals surface area contributed by atoms with Crippen LogP contribution in [0, 0.1) is 5.82 Å². The highest BCUT2D eigenvalue weighted by atomic mass is 19.1. The zero-order valence-electron chi connectivity index (χ0n) is 14.8. The van der Waals surface area contributed by atoms with Gasteiger partial charge in [-0.1, -0.05) is 0 Å². The first kappa shape index (κ1) is 18.9. The molecule has 144 valence electrons. The van der Waals surface area contributed by atoms with Crippen molar-refractivity contribution in [1.29, 1.82) is 0 Å². The highest BCUT2D eigenvalue weighted by Crippen LogP contribution is 2.16. The van der Waals surface area contributed by atoms with Crippen molar-refractivity contribution in [3.8, 4) is 5.75 Å². The van der Waals surface area contributed by atoms with Crippen molar-refractivity contribution in [3.05, 3.63) is 53.7 Å². The summed E-state index contributed by atoms with van der Waals surface area (Å²) in [5.74, 6) is 0.272. The van der Waals surface area contributed by atoms with E-state index in [9.17, 15) is 14.0 Å². The van der Waals surface area contributed by atoms with Gasteiger partial charge in [-0.25, -0.2) is 4.39 Å². The fourth-order valence-electron chi connectivity index (χ4n) is 2.98. The Kier molecular flexibility index (Phi) is 6.08. The topological polar surface area (TPSA) is 97.8 Å². The zero-order valence-corrected chi connectivity index (χ0v) is 14.8. The van der Waals surface area contributed by atoms with Gasteiger partial charge in [-0.15, -0.1) is 0 Å². The lowest BCUT2D eigenvalue weighted by molar-refractivity contribution is -0.119. The molecule has 0 atom stereocenters. The number of nitrogens with two attached hydrogens (primary N) is 1. The van der Waals surface area contributed by atoms with Gasteiger partial charge in [0.1, 0.15) is 23.9 Å². The van der Waals surface area contributed by atoms with E-state index in [0.717, 1.165) is 12.8 Å². The smallest absolute Gasteiger partial charge is 0.287 e. The maximum absolute atomic E-state index is 12.9. The van der Waals surface area contributed by atoms with Gasteiger partial charge in [0, 0.05) is 19.1 Å². The molecule has 1 aliphatic heterocycles. The first-order valence-corrected chi connectivity index (χ1v) is 8.78. The molecule has 0 unspecified atom stereocenters. The minimum absolute atomic E-state index is 0.0330. The number of rotatable bonds is 7. The predicted octanol–water partition coefficient (Wildman–Crippen LogP) is 1.68. The number of likely N-dealkylation sites (tertiary alicyclic amines) is 1. The molecular weight excluding hydrogens is 353 g/mol. The van der Waals surface area contributed by atoms with Gasteiger partial charge in [-0.2, -0.15) is 0 Å². The lowest BCUT2D eigenvalue weighted by atomic mass is 10.0. The summed E-state index contributed by atoms with van der Waals surface area (Å²) >= 11 is 0. The Morgan fingerprint density at radius 3 is 2.56 bits per heavy atom. The Morgan fingerprint density at radius 2 is 1.89 bits per heavy atom. The summed E-state index contributed by atoms with van der Waals surface area (Å²) in [5, 5.41) is 2.94. The van der Waals surface area contributed by atoms with Gasteiger partial charge in [0.15, 0.2) is 5.76 Å². The molecule has 1 aromatic heterocycles. The Morgan fingerprint density at radius 1 is 1.19 bits per heavy atom. The summed E-state index contributed by atoms with van der Waals surface area (Å²) in [7, 11) is 0. The first-order chi connectivity index (χ1) is 13.0. The van der Waals surface area contributed by atoms with Gasteiger partial charge in [0.05, 0.1) is 6.54 Å². The molecule has 1 saturated heterocycles. The second-order valence-electron chi connectivity index (χ2n) is 6.50. The second kappa shape index (κ2) is 8.68. The number of nitrogens with zero attached hydrogens (tertiary/aromatic N) is 1. The molecule has 7 nitrogen and oxygen atoms in total. The summed E-state index contributed by atoms with van der Waals surface area (Å²) in [4.78, 5) is 25.2. The van der Waals surface area contributed by atoms with Crippen molar-refractivity contribution in [1.82, 2.24) is 10.2 Å². The summed E-state index contributed by atoms with van der Waals surface area (Å²) in [6.07, 6.45) is 1.50. The highest BCUT2D eigenvalue weighted by Gasteiger charge is 2.23. The number of amides is 2. The van der Waals surface area contributed by atoms with Crippen LogP contribution >= 0.6 is 0 Å². The van der Waals surface area contributed by atoms with Gasteiger partial charge in [-0.05, 0) is 49.2 Å². The number of hydrogen-bond donors (Lipinski definition) is 2. The summed E-state index contributed by atoms with van der Waals surface area (Å²) in [5.41, 5.74) is 5.20. The maximum atomic E-state index is 12.9. The predicted molar refractivity (Wildman–Crippen MR) is 95.6 cm³/mol. The van der Waals surface area contributed by atoms with Crippen molar-refractivity contribution in [2.75, 3.05) is 19.6 Å². The standard InChI is InChI=1S/C19H22FN3O4/c20-13-1-3-15(4-2-13)26-12-16-5-6-17(27-16)19(25)22-14-7-9-23(10-8-14)11-18(21)24/h1-6,14H,7-12H2,(H2,21,24)(H,22,25). The summed E-state index contributed by atoms with van der Waals surface area (Å²) in [6, 6.07) is 8.98. The fraction of sp³-hybridized carbons (Fsp3) is 0.368. The monoisotopic (exact) mass is 375 g/mol. The van der Waals surface area contributed by atoms with Gasteiger partial charge >= 0.3 is 0 Å². The van der Waals surface area contributed by atoms with Crippen LogP contribution in [-0.2, 0) is 11.4 Å². The molecule has 8 heteroatoms. The van der Waals surface area contributed by atoms with Crippen LogP contribution in [0.5, 0.6) is 5.75 Å². The van der Waals surface area contributed by atoms with Crippen molar-refractivity contribution in [3.63, 3.8) is 0 Å². The average molecular weight is 375 g/mol. The van der Waals surface area contributed by atoms with Gasteiger partial charge in [-0.3, -0.25) is 14.5 Å². The minimum Gasteiger partial charge on any atom is -0.486 e. The Balaban J connectivity index is 1.46. The Labute approximate surface area is 156 Å². The van der Waals surface area contributed by atoms with Crippen molar-refractivity contribution < 1.29 is 23.1 Å². The van der Waals surface area contributed by atoms with Gasteiger partial charge in [0.25, 0.3) is 5.91 Å². The number of carbonyl (C=O) groups is 2. The number of halogens is 1. The molecule has 1 aliphatic rings. The Hall–Kier alpha value is -2.87. The number of benzene rings is 1. The molecule has 3 N–H and O–H groups in total. The third-order valence-electron chi connectivity index (χ3n) is 4.38. The molecule has 0 saturated carbocycles. The van der Waals surface area contributed by atoms with Crippen molar-refractivity contribution >= 4 is 11.8 Å². The fourth-order valence-corrected chi connectivity index (χ4v) is 2.98. The van der Waals surface area contributed by atoms with Crippen LogP contribution in [0.2, 0.25) is 0 Å². The van der Waals surface area contributed by atoms with Crippen LogP contribution in [0.3, 0.4) is 0 Å². The lowest BCUT2D eigenvalue weighted by Crippen LogP contribution is -2.46. The van der Waals surface area contributed by atoms with E-state index in [1.165, 1.54) is 24.3 Å². The zero-order chi connectivity index (χ0) is 19.2. The van der Waals surface area contributed by atoms with E-state index in [4.69, 9.17) is 14.9 Å². The molecule has 0 aliphatic carbocycles. The van der Waals surface area contributed by atoms with Gasteiger partial charge in [0.2, 0.25) is 5.91 Å². The van der Waals surface area contributed by atoms with Crippen molar-refractivity contribution in [2.45, 2.75) is 25.5 Å². The SMILES string of the molecule is NC(=O)CN1CCC(NC(=O)c2ccc(COc3ccc(F)cc3)o2)CC1. The van der Waals surface area contributed by atoms with E-state index in [2.05, 4.69) is 5.32 Å². The third kappa shape index (κ3) is 5.55. The molecule has 2 aromatic rings. The van der Waals surface area contributed by atoms with E-state index >= 15 is 0 Å². The van der Waals surface area contributed by atoms with E-state index in [0.29, 0.717) is 24.6 Å². The highest BCUT2D eigenvalue weighted by molar-refractivity contribution is 5.91. The number of furan rings is 1. The van der Waals surface area contributed by atoms with E-state index in [1.54, 1.807) is 12.1 Å². The van der Waals surface area contributed by atoms with Crippen molar-refractivity contribution in [2.24, 2.45) is 5.73 Å². The van der Waals surface area contributed by atoms with Crippen LogP contribution in [0.15, 0.2) is 40.8 Å². The molecule has 2 amide bonds. The maximum Gasteiger partial charge on any atom is 0.287 e. The molecule has 1 fully saturated rings. The Bertz CT molecular complexity index is 783. The lowest BCUT2D eigenvalue weighted by Gasteiger charge is -2.31. The molecule has 2 heterocycles. The average Bonchev–Trinajstić information content (AvgIpc) is 3.12. The van der Waals surface area contributed by atoms with E-state index in [1.807, 2.05) is 4.90 Å². The van der Waals surface area contributed by atoms with Crippen LogP contribution in [0.4, 0.5) is 4.39 Å². The summed E-state index contributed by atoms with van der Waals surface area (Å²) < 4.78 is 23.9. The molecule has 0 spiro atoms. The molecule has 27 heavy (non-hydrogen) atoms. The number of ether oxygens (including phenoxy) is 1. The van der Waals surface area contributed by atoms with Crippen LogP contribution < -0.4 is 15.8 Å². The first-order valence-electron chi connectivity index (χ1n) is 8.78. The molecule has 0 bridgehead atoms. The molecule has 3 rings (SSSR count). The summed E-state index contributed by atoms with van der Waals surface area (Å²) in [6.45, 7) is 1.81. The van der Waals surface area contributed by atoms with Gasteiger partial charge < -0.3 is 20.2 Å². The number of primary amides is 1. The molecule has 1 aromatic carbocycles. The molecular formula is C19H22FN3O4. The van der Waals surface area contributed by atoms with Crippen LogP contribution in [0.25, 0.3) is 0 Å². The normalized spacial score (nSPS) is 15.4. The second-order valence-corrected chi connectivity index (χ2v) is 6.50.